The summed E-state index contributed by atoms with van der Waals surface area (Å²) in [7, 11) is 0. The number of hydrogen-bond acceptors (Lipinski definition) is 2. The zero-order valence-electron chi connectivity index (χ0n) is 10.8. The molecule has 0 amide bonds. The summed E-state index contributed by atoms with van der Waals surface area (Å²) in [5.41, 5.74) is 0.730. The van der Waals surface area contributed by atoms with Gasteiger partial charge in [-0.3, -0.25) is 0 Å². The van der Waals surface area contributed by atoms with Crippen molar-refractivity contribution in [3.8, 4) is 5.75 Å². The molecule has 2 nitrogen and oxygen atoms in total. The third-order valence-electron chi connectivity index (χ3n) is 3.59. The lowest BCUT2D eigenvalue weighted by molar-refractivity contribution is 0.00140. The van der Waals surface area contributed by atoms with E-state index in [0.29, 0.717) is 12.5 Å². The van der Waals surface area contributed by atoms with Crippen LogP contribution in [-0.4, -0.2) is 17.3 Å². The average Bonchev–Trinajstić information content (AvgIpc) is 2.75. The third kappa shape index (κ3) is 3.22. The summed E-state index contributed by atoms with van der Waals surface area (Å²) in [6.07, 6.45) is 3.98. The van der Waals surface area contributed by atoms with Crippen LogP contribution in [0, 0.1) is 0 Å². The second-order valence-electron chi connectivity index (χ2n) is 5.44. The van der Waals surface area contributed by atoms with Crippen molar-refractivity contribution >= 4 is 0 Å². The van der Waals surface area contributed by atoms with Crippen LogP contribution in [0.1, 0.15) is 51.0 Å². The quantitative estimate of drug-likeness (QED) is 0.864. The fourth-order valence-corrected chi connectivity index (χ4v) is 2.34. The molecule has 2 rings (SSSR count). The molecule has 1 aliphatic carbocycles. The van der Waals surface area contributed by atoms with Crippen molar-refractivity contribution in [3.63, 3.8) is 0 Å². The first-order chi connectivity index (χ1) is 8.09. The van der Waals surface area contributed by atoms with E-state index in [4.69, 9.17) is 4.74 Å². The Morgan fingerprint density at radius 2 is 1.76 bits per heavy atom. The van der Waals surface area contributed by atoms with Crippen molar-refractivity contribution in [3.05, 3.63) is 29.8 Å². The molecule has 1 N–H and O–H groups in total. The Bertz CT molecular complexity index is 348. The lowest BCUT2D eigenvalue weighted by Crippen LogP contribution is -2.32. The number of rotatable bonds is 4. The highest BCUT2D eigenvalue weighted by Gasteiger charge is 2.31. The molecule has 0 saturated heterocycles. The first-order valence-corrected chi connectivity index (χ1v) is 6.54. The first-order valence-electron chi connectivity index (χ1n) is 6.54. The lowest BCUT2D eigenvalue weighted by Gasteiger charge is -2.22. The molecular formula is C15H22O2. The predicted molar refractivity (Wildman–Crippen MR) is 69.4 cm³/mol. The minimum absolute atomic E-state index is 0.425. The first kappa shape index (κ1) is 12.4. The van der Waals surface area contributed by atoms with Gasteiger partial charge in [-0.1, -0.05) is 38.8 Å². The highest BCUT2D eigenvalue weighted by molar-refractivity contribution is 5.28. The average molecular weight is 234 g/mol. The van der Waals surface area contributed by atoms with Gasteiger partial charge in [0.15, 0.2) is 0 Å². The van der Waals surface area contributed by atoms with Crippen LogP contribution in [0.4, 0.5) is 0 Å². The number of hydrogen-bond donors (Lipinski definition) is 1. The zero-order chi connectivity index (χ0) is 12.3. The summed E-state index contributed by atoms with van der Waals surface area (Å²) in [5, 5.41) is 10.2. The summed E-state index contributed by atoms with van der Waals surface area (Å²) in [6, 6.07) is 8.18. The summed E-state index contributed by atoms with van der Waals surface area (Å²) in [5.74, 6) is 1.40. The Morgan fingerprint density at radius 3 is 2.29 bits per heavy atom. The van der Waals surface area contributed by atoms with E-state index in [2.05, 4.69) is 26.0 Å². The summed E-state index contributed by atoms with van der Waals surface area (Å²) < 4.78 is 5.68. The fraction of sp³-hybridized carbons (Fsp3) is 0.600. The summed E-state index contributed by atoms with van der Waals surface area (Å²) in [6.45, 7) is 4.78. The van der Waals surface area contributed by atoms with Crippen LogP contribution in [0.5, 0.6) is 5.75 Å². The van der Waals surface area contributed by atoms with Crippen LogP contribution in [-0.2, 0) is 0 Å². The van der Waals surface area contributed by atoms with Gasteiger partial charge in [0.05, 0.1) is 5.60 Å². The standard InChI is InChI=1S/C15H22O2/c1-12(2)13-5-7-14(8-6-13)17-11-15(16)9-3-4-10-15/h5-8,12,16H,3-4,9-11H2,1-2H3. The van der Waals surface area contributed by atoms with E-state index < -0.39 is 5.60 Å². The minimum atomic E-state index is -0.587. The van der Waals surface area contributed by atoms with Gasteiger partial charge in [0.25, 0.3) is 0 Å². The zero-order valence-corrected chi connectivity index (χ0v) is 10.8. The molecule has 2 heteroatoms. The normalized spacial score (nSPS) is 18.6. The van der Waals surface area contributed by atoms with E-state index >= 15 is 0 Å². The van der Waals surface area contributed by atoms with Crippen LogP contribution >= 0.6 is 0 Å². The summed E-state index contributed by atoms with van der Waals surface area (Å²) in [4.78, 5) is 0. The minimum Gasteiger partial charge on any atom is -0.491 e. The van der Waals surface area contributed by atoms with Crippen LogP contribution in [0.2, 0.25) is 0 Å². The molecule has 0 atom stereocenters. The molecule has 1 aromatic rings. The molecule has 0 spiro atoms. The molecule has 0 radical (unpaired) electrons. The SMILES string of the molecule is CC(C)c1ccc(OCC2(O)CCCC2)cc1. The second-order valence-corrected chi connectivity index (χ2v) is 5.44. The van der Waals surface area contributed by atoms with Gasteiger partial charge in [-0.2, -0.15) is 0 Å². The molecule has 0 heterocycles. The highest BCUT2D eigenvalue weighted by Crippen LogP contribution is 2.30. The number of ether oxygens (including phenoxy) is 1. The van der Waals surface area contributed by atoms with Gasteiger partial charge in [-0.15, -0.1) is 0 Å². The maximum Gasteiger partial charge on any atom is 0.119 e. The van der Waals surface area contributed by atoms with Crippen molar-refractivity contribution in [2.45, 2.75) is 51.0 Å². The molecule has 0 bridgehead atoms. The van der Waals surface area contributed by atoms with Crippen molar-refractivity contribution in [1.82, 2.24) is 0 Å². The van der Waals surface area contributed by atoms with Crippen LogP contribution < -0.4 is 4.74 Å². The van der Waals surface area contributed by atoms with Crippen molar-refractivity contribution in [2.75, 3.05) is 6.61 Å². The molecule has 1 fully saturated rings. The van der Waals surface area contributed by atoms with Gasteiger partial charge in [0.2, 0.25) is 0 Å². The van der Waals surface area contributed by atoms with Gasteiger partial charge < -0.3 is 9.84 Å². The predicted octanol–water partition coefficient (Wildman–Crippen LogP) is 3.49. The Kier molecular flexibility index (Phi) is 3.72. The molecule has 1 aliphatic rings. The maximum absolute atomic E-state index is 10.2. The van der Waals surface area contributed by atoms with Gasteiger partial charge in [-0.05, 0) is 36.5 Å². The van der Waals surface area contributed by atoms with E-state index in [0.717, 1.165) is 31.4 Å². The third-order valence-corrected chi connectivity index (χ3v) is 3.59. The second kappa shape index (κ2) is 5.09. The van der Waals surface area contributed by atoms with E-state index in [1.165, 1.54) is 5.56 Å². The van der Waals surface area contributed by atoms with Crippen molar-refractivity contribution in [1.29, 1.82) is 0 Å². The number of aliphatic hydroxyl groups is 1. The van der Waals surface area contributed by atoms with E-state index in [-0.39, 0.29) is 0 Å². The van der Waals surface area contributed by atoms with Crippen LogP contribution in [0.15, 0.2) is 24.3 Å². The smallest absolute Gasteiger partial charge is 0.119 e. The van der Waals surface area contributed by atoms with Gasteiger partial charge >= 0.3 is 0 Å². The Labute approximate surface area is 104 Å². The maximum atomic E-state index is 10.2. The van der Waals surface area contributed by atoms with Crippen LogP contribution in [0.3, 0.4) is 0 Å². The molecule has 0 aliphatic heterocycles. The molecule has 1 aromatic carbocycles. The van der Waals surface area contributed by atoms with E-state index in [1.807, 2.05) is 12.1 Å². The van der Waals surface area contributed by atoms with E-state index in [9.17, 15) is 5.11 Å². The fourth-order valence-electron chi connectivity index (χ4n) is 2.34. The molecule has 1 saturated carbocycles. The van der Waals surface area contributed by atoms with Crippen molar-refractivity contribution in [2.24, 2.45) is 0 Å². The lowest BCUT2D eigenvalue weighted by atomic mass is 10.0. The Hall–Kier alpha value is -1.02. The molecule has 94 valence electrons. The molecule has 0 aromatic heterocycles. The Balaban J connectivity index is 1.90. The number of benzene rings is 1. The van der Waals surface area contributed by atoms with Crippen LogP contribution in [0.25, 0.3) is 0 Å². The Morgan fingerprint density at radius 1 is 1.18 bits per heavy atom. The monoisotopic (exact) mass is 234 g/mol. The van der Waals surface area contributed by atoms with Gasteiger partial charge in [0, 0.05) is 0 Å². The largest absolute Gasteiger partial charge is 0.491 e. The molecule has 0 unspecified atom stereocenters. The van der Waals surface area contributed by atoms with E-state index in [1.54, 1.807) is 0 Å². The van der Waals surface area contributed by atoms with Gasteiger partial charge in [-0.25, -0.2) is 0 Å². The topological polar surface area (TPSA) is 29.5 Å². The van der Waals surface area contributed by atoms with Gasteiger partial charge in [0.1, 0.15) is 12.4 Å². The van der Waals surface area contributed by atoms with Crippen molar-refractivity contribution < 1.29 is 9.84 Å². The summed E-state index contributed by atoms with van der Waals surface area (Å²) >= 11 is 0. The molecular weight excluding hydrogens is 212 g/mol. The molecule has 17 heavy (non-hydrogen) atoms. The highest BCUT2D eigenvalue weighted by atomic mass is 16.5.